The smallest absolute Gasteiger partial charge is 0.317 e. The largest absolute Gasteiger partial charge is 0.480 e. The molecule has 0 aromatic carbocycles. The molecule has 0 amide bonds. The van der Waals surface area contributed by atoms with Crippen molar-refractivity contribution in [2.45, 2.75) is 50.1 Å². The first-order valence-electron chi connectivity index (χ1n) is 6.94. The molecule has 0 saturated carbocycles. The van der Waals surface area contributed by atoms with Crippen LogP contribution in [-0.4, -0.2) is 35.8 Å². The maximum atomic E-state index is 11.2. The zero-order chi connectivity index (χ0) is 15.4. The highest BCUT2D eigenvalue weighted by atomic mass is 32.2. The van der Waals surface area contributed by atoms with E-state index in [9.17, 15) is 9.90 Å². The van der Waals surface area contributed by atoms with E-state index in [-0.39, 0.29) is 0 Å². The molecule has 0 saturated heterocycles. The van der Waals surface area contributed by atoms with Crippen LogP contribution in [0.3, 0.4) is 0 Å². The van der Waals surface area contributed by atoms with Crippen LogP contribution in [0.2, 0.25) is 0 Å². The van der Waals surface area contributed by atoms with Crippen LogP contribution in [0.25, 0.3) is 11.2 Å². The van der Waals surface area contributed by atoms with E-state index in [1.165, 1.54) is 18.1 Å². The summed E-state index contributed by atoms with van der Waals surface area (Å²) in [6, 6.07) is 0. The fourth-order valence-electron chi connectivity index (χ4n) is 1.98. The number of hydrogen-bond donors (Lipinski definition) is 2. The number of anilines is 1. The average Bonchev–Trinajstić information content (AvgIpc) is 2.81. The Morgan fingerprint density at radius 1 is 1.48 bits per heavy atom. The lowest BCUT2D eigenvalue weighted by Gasteiger charge is -2.11. The van der Waals surface area contributed by atoms with Gasteiger partial charge in [0.2, 0.25) is 0 Å². The summed E-state index contributed by atoms with van der Waals surface area (Å²) in [6.45, 7) is 4.68. The van der Waals surface area contributed by atoms with E-state index in [2.05, 4.69) is 21.9 Å². The third-order valence-electron chi connectivity index (χ3n) is 3.15. The number of carboxylic acid groups (broad SMARTS) is 1. The highest BCUT2D eigenvalue weighted by Crippen LogP contribution is 2.29. The van der Waals surface area contributed by atoms with Crippen LogP contribution in [-0.2, 0) is 11.3 Å². The van der Waals surface area contributed by atoms with Crippen molar-refractivity contribution >= 4 is 34.7 Å². The molecule has 114 valence electrons. The number of nitrogen functional groups attached to an aromatic ring is 1. The summed E-state index contributed by atoms with van der Waals surface area (Å²) in [5.41, 5.74) is 7.04. The van der Waals surface area contributed by atoms with Crippen molar-refractivity contribution in [2.24, 2.45) is 0 Å². The molecular weight excluding hydrogens is 290 g/mol. The second-order valence-electron chi connectivity index (χ2n) is 4.68. The Labute approximate surface area is 127 Å². The molecule has 0 spiro atoms. The molecule has 0 aliphatic heterocycles. The van der Waals surface area contributed by atoms with Crippen LogP contribution in [0.1, 0.15) is 33.1 Å². The zero-order valence-corrected chi connectivity index (χ0v) is 12.9. The highest BCUT2D eigenvalue weighted by molar-refractivity contribution is 8.00. The fourth-order valence-corrected chi connectivity index (χ4v) is 2.95. The normalized spacial score (nSPS) is 12.7. The molecule has 0 bridgehead atoms. The number of rotatable bonds is 7. The van der Waals surface area contributed by atoms with Crippen molar-refractivity contribution in [2.75, 3.05) is 5.73 Å². The Morgan fingerprint density at radius 2 is 2.24 bits per heavy atom. The van der Waals surface area contributed by atoms with E-state index in [1.54, 1.807) is 0 Å². The maximum absolute atomic E-state index is 11.2. The van der Waals surface area contributed by atoms with Crippen LogP contribution in [0, 0.1) is 0 Å². The van der Waals surface area contributed by atoms with Gasteiger partial charge in [0, 0.05) is 6.54 Å². The highest BCUT2D eigenvalue weighted by Gasteiger charge is 2.22. The summed E-state index contributed by atoms with van der Waals surface area (Å²) in [7, 11) is 0. The number of carbonyl (C=O) groups is 1. The summed E-state index contributed by atoms with van der Waals surface area (Å²) in [4.78, 5) is 23.9. The van der Waals surface area contributed by atoms with Crippen molar-refractivity contribution in [3.05, 3.63) is 6.33 Å². The Kier molecular flexibility index (Phi) is 5.00. The van der Waals surface area contributed by atoms with Crippen LogP contribution < -0.4 is 5.73 Å². The Balaban J connectivity index is 2.45. The van der Waals surface area contributed by atoms with Gasteiger partial charge >= 0.3 is 5.97 Å². The average molecular weight is 309 g/mol. The number of imidazole rings is 1. The molecule has 0 aliphatic rings. The molecule has 2 aromatic rings. The zero-order valence-electron chi connectivity index (χ0n) is 12.1. The summed E-state index contributed by atoms with van der Waals surface area (Å²) in [5.74, 6) is -0.517. The minimum absolute atomic E-state index is 0.320. The Bertz CT molecular complexity index is 643. The molecule has 1 atom stereocenters. The number of thioether (sulfide) groups is 1. The predicted octanol–water partition coefficient (Wildman–Crippen LogP) is 2.16. The van der Waals surface area contributed by atoms with Gasteiger partial charge in [0.15, 0.2) is 22.1 Å². The van der Waals surface area contributed by atoms with Crippen molar-refractivity contribution in [3.8, 4) is 0 Å². The van der Waals surface area contributed by atoms with Crippen molar-refractivity contribution in [1.29, 1.82) is 0 Å². The van der Waals surface area contributed by atoms with Gasteiger partial charge in [-0.3, -0.25) is 4.79 Å². The number of fused-ring (bicyclic) bond motifs is 1. The first-order valence-corrected chi connectivity index (χ1v) is 7.82. The van der Waals surface area contributed by atoms with Gasteiger partial charge in [-0.15, -0.1) is 0 Å². The molecule has 0 radical (unpaired) electrons. The maximum Gasteiger partial charge on any atom is 0.317 e. The van der Waals surface area contributed by atoms with Gasteiger partial charge in [-0.1, -0.05) is 32.0 Å². The molecule has 2 aromatic heterocycles. The number of hydrogen-bond acceptors (Lipinski definition) is 6. The van der Waals surface area contributed by atoms with Crippen LogP contribution in [0.5, 0.6) is 0 Å². The number of aryl methyl sites for hydroxylation is 1. The summed E-state index contributed by atoms with van der Waals surface area (Å²) < 4.78 is 1.94. The molecule has 2 rings (SSSR count). The first kappa shape index (κ1) is 15.6. The molecular formula is C13H19N5O2S. The minimum Gasteiger partial charge on any atom is -0.480 e. The second kappa shape index (κ2) is 6.75. The summed E-state index contributed by atoms with van der Waals surface area (Å²) in [6.07, 6.45) is 3.93. The molecule has 8 heteroatoms. The lowest BCUT2D eigenvalue weighted by Crippen LogP contribution is -2.16. The van der Waals surface area contributed by atoms with E-state index < -0.39 is 11.2 Å². The van der Waals surface area contributed by atoms with E-state index in [0.29, 0.717) is 28.6 Å². The Hall–Kier alpha value is -1.83. The van der Waals surface area contributed by atoms with Crippen molar-refractivity contribution in [3.63, 3.8) is 0 Å². The van der Waals surface area contributed by atoms with Crippen LogP contribution in [0.4, 0.5) is 5.82 Å². The third kappa shape index (κ3) is 3.26. The standard InChI is InChI=1S/C13H19N5O2S/c1-3-5-6-18-11-9(10(14)15-7-16-11)17-13(18)21-8(4-2)12(19)20/h7-8H,3-6H2,1-2H3,(H,19,20)(H2,14,15,16). The molecule has 7 nitrogen and oxygen atoms in total. The van der Waals surface area contributed by atoms with E-state index in [1.807, 2.05) is 11.5 Å². The molecule has 1 unspecified atom stereocenters. The van der Waals surface area contributed by atoms with E-state index >= 15 is 0 Å². The molecule has 21 heavy (non-hydrogen) atoms. The summed E-state index contributed by atoms with van der Waals surface area (Å²) >= 11 is 1.24. The lowest BCUT2D eigenvalue weighted by atomic mass is 10.3. The number of aliphatic carboxylic acids is 1. The van der Waals surface area contributed by atoms with Gasteiger partial charge in [-0.05, 0) is 12.8 Å². The SMILES string of the molecule is CCCCn1c(SC(CC)C(=O)O)nc2c(N)ncnc21. The van der Waals surface area contributed by atoms with Gasteiger partial charge in [-0.25, -0.2) is 15.0 Å². The monoisotopic (exact) mass is 309 g/mol. The van der Waals surface area contributed by atoms with Crippen molar-refractivity contribution in [1.82, 2.24) is 19.5 Å². The number of nitrogens with zero attached hydrogens (tertiary/aromatic N) is 4. The van der Waals surface area contributed by atoms with E-state index in [4.69, 9.17) is 5.73 Å². The van der Waals surface area contributed by atoms with E-state index in [0.717, 1.165) is 19.4 Å². The summed E-state index contributed by atoms with van der Waals surface area (Å²) in [5, 5.41) is 9.33. The minimum atomic E-state index is -0.837. The fraction of sp³-hybridized carbons (Fsp3) is 0.538. The van der Waals surface area contributed by atoms with Gasteiger partial charge in [-0.2, -0.15) is 0 Å². The number of nitrogens with two attached hydrogens (primary N) is 1. The molecule has 2 heterocycles. The molecule has 3 N–H and O–H groups in total. The van der Waals surface area contributed by atoms with Crippen LogP contribution >= 0.6 is 11.8 Å². The number of aromatic nitrogens is 4. The molecule has 0 aliphatic carbocycles. The Morgan fingerprint density at radius 3 is 2.86 bits per heavy atom. The van der Waals surface area contributed by atoms with Crippen LogP contribution in [0.15, 0.2) is 11.5 Å². The predicted molar refractivity (Wildman–Crippen MR) is 82.2 cm³/mol. The first-order chi connectivity index (χ1) is 10.1. The van der Waals surface area contributed by atoms with Gasteiger partial charge in [0.1, 0.15) is 11.6 Å². The lowest BCUT2D eigenvalue weighted by molar-refractivity contribution is -0.136. The third-order valence-corrected chi connectivity index (χ3v) is 4.50. The van der Waals surface area contributed by atoms with Gasteiger partial charge in [0.25, 0.3) is 0 Å². The molecule has 0 fully saturated rings. The van der Waals surface area contributed by atoms with Gasteiger partial charge < -0.3 is 15.4 Å². The quantitative estimate of drug-likeness (QED) is 0.755. The van der Waals surface area contributed by atoms with Gasteiger partial charge in [0.05, 0.1) is 0 Å². The number of carboxylic acids is 1. The topological polar surface area (TPSA) is 107 Å². The van der Waals surface area contributed by atoms with Crippen molar-refractivity contribution < 1.29 is 9.90 Å². The second-order valence-corrected chi connectivity index (χ2v) is 5.85. The number of unbranched alkanes of at least 4 members (excludes halogenated alkanes) is 1.